The highest BCUT2D eigenvalue weighted by atomic mass is 16.4. The molecule has 0 saturated heterocycles. The number of carboxylic acids is 1. The van der Waals surface area contributed by atoms with Crippen molar-refractivity contribution < 1.29 is 14.7 Å². The van der Waals surface area contributed by atoms with E-state index in [1.807, 2.05) is 12.2 Å². The number of fused-ring (bicyclic) bond motifs is 2. The number of rotatable bonds is 5. The lowest BCUT2D eigenvalue weighted by molar-refractivity contribution is -0.147. The molecule has 19 heavy (non-hydrogen) atoms. The molecule has 4 atom stereocenters. The second kappa shape index (κ2) is 4.99. The normalized spacial score (nSPS) is 32.6. The number of amides is 1. The third-order valence-corrected chi connectivity index (χ3v) is 4.75. The van der Waals surface area contributed by atoms with E-state index < -0.39 is 11.9 Å². The molecular weight excluding hydrogens is 242 g/mol. The van der Waals surface area contributed by atoms with E-state index >= 15 is 0 Å². The molecule has 0 aromatic carbocycles. The minimum absolute atomic E-state index is 0.0393. The van der Waals surface area contributed by atoms with Crippen LogP contribution in [-0.4, -0.2) is 23.5 Å². The maximum atomic E-state index is 12.3. The van der Waals surface area contributed by atoms with Gasteiger partial charge in [0.2, 0.25) is 5.91 Å². The van der Waals surface area contributed by atoms with Gasteiger partial charge in [-0.1, -0.05) is 32.9 Å². The predicted molar refractivity (Wildman–Crippen MR) is 72.4 cm³/mol. The van der Waals surface area contributed by atoms with Gasteiger partial charge in [0, 0.05) is 6.54 Å². The largest absolute Gasteiger partial charge is 0.481 e. The van der Waals surface area contributed by atoms with Crippen LogP contribution in [0.2, 0.25) is 0 Å². The molecule has 2 rings (SSSR count). The molecule has 4 nitrogen and oxygen atoms in total. The highest BCUT2D eigenvalue weighted by molar-refractivity contribution is 5.86. The van der Waals surface area contributed by atoms with Crippen LogP contribution in [0.4, 0.5) is 0 Å². The summed E-state index contributed by atoms with van der Waals surface area (Å²) in [5.41, 5.74) is 0.0574. The first-order chi connectivity index (χ1) is 8.85. The Morgan fingerprint density at radius 3 is 2.37 bits per heavy atom. The third kappa shape index (κ3) is 2.67. The molecule has 0 aromatic heterocycles. The van der Waals surface area contributed by atoms with E-state index in [4.69, 9.17) is 0 Å². The highest BCUT2D eigenvalue weighted by Crippen LogP contribution is 2.48. The molecule has 0 spiro atoms. The van der Waals surface area contributed by atoms with Crippen LogP contribution in [0, 0.1) is 29.1 Å². The van der Waals surface area contributed by atoms with E-state index in [2.05, 4.69) is 26.1 Å². The number of nitrogens with one attached hydrogen (secondary N) is 1. The number of carboxylic acid groups (broad SMARTS) is 1. The number of hydrogen-bond acceptors (Lipinski definition) is 2. The summed E-state index contributed by atoms with van der Waals surface area (Å²) in [7, 11) is 0. The predicted octanol–water partition coefficient (Wildman–Crippen LogP) is 2.06. The van der Waals surface area contributed by atoms with Crippen LogP contribution in [0.25, 0.3) is 0 Å². The van der Waals surface area contributed by atoms with E-state index in [1.54, 1.807) is 0 Å². The average Bonchev–Trinajstić information content (AvgIpc) is 2.95. The first-order valence-corrected chi connectivity index (χ1v) is 7.04. The summed E-state index contributed by atoms with van der Waals surface area (Å²) in [4.78, 5) is 23.7. The third-order valence-electron chi connectivity index (χ3n) is 4.75. The van der Waals surface area contributed by atoms with Crippen molar-refractivity contribution in [3.05, 3.63) is 12.2 Å². The number of carbonyl (C=O) groups excluding carboxylic acids is 1. The fourth-order valence-electron chi connectivity index (χ4n) is 3.09. The van der Waals surface area contributed by atoms with E-state index in [0.29, 0.717) is 6.54 Å². The van der Waals surface area contributed by atoms with Crippen molar-refractivity contribution in [2.45, 2.75) is 33.6 Å². The standard InChI is InChI=1S/C15H23NO3/c1-4-15(2,3)8-16-13(17)11-9-5-6-10(7-9)12(11)14(18)19/h5-6,9-12H,4,7-8H2,1-3H3,(H,16,17)(H,18,19). The lowest BCUT2D eigenvalue weighted by atomic mass is 9.82. The molecule has 0 aromatic rings. The molecule has 106 valence electrons. The second-order valence-corrected chi connectivity index (χ2v) is 6.57. The van der Waals surface area contributed by atoms with Crippen LogP contribution in [-0.2, 0) is 9.59 Å². The molecule has 2 bridgehead atoms. The van der Waals surface area contributed by atoms with Crippen LogP contribution >= 0.6 is 0 Å². The minimum atomic E-state index is -0.841. The Morgan fingerprint density at radius 1 is 1.26 bits per heavy atom. The monoisotopic (exact) mass is 265 g/mol. The van der Waals surface area contributed by atoms with Crippen molar-refractivity contribution in [1.82, 2.24) is 5.32 Å². The maximum Gasteiger partial charge on any atom is 0.307 e. The van der Waals surface area contributed by atoms with Gasteiger partial charge in [-0.15, -0.1) is 0 Å². The van der Waals surface area contributed by atoms with E-state index in [9.17, 15) is 14.7 Å². The van der Waals surface area contributed by atoms with Crippen molar-refractivity contribution in [1.29, 1.82) is 0 Å². The fourth-order valence-corrected chi connectivity index (χ4v) is 3.09. The van der Waals surface area contributed by atoms with Crippen LogP contribution in [0.1, 0.15) is 33.6 Å². The number of allylic oxidation sites excluding steroid dienone is 2. The van der Waals surface area contributed by atoms with Gasteiger partial charge in [0.15, 0.2) is 0 Å². The van der Waals surface area contributed by atoms with Crippen LogP contribution < -0.4 is 5.32 Å². The first-order valence-electron chi connectivity index (χ1n) is 7.04. The quantitative estimate of drug-likeness (QED) is 0.748. The highest BCUT2D eigenvalue weighted by Gasteiger charge is 2.51. The molecule has 4 unspecified atom stereocenters. The summed E-state index contributed by atoms with van der Waals surface area (Å²) in [5, 5.41) is 12.3. The van der Waals surface area contributed by atoms with Gasteiger partial charge in [-0.2, -0.15) is 0 Å². The molecule has 0 radical (unpaired) electrons. The van der Waals surface area contributed by atoms with E-state index in [0.717, 1.165) is 12.8 Å². The van der Waals surface area contributed by atoms with Crippen LogP contribution in [0.5, 0.6) is 0 Å². The Bertz CT molecular complexity index is 414. The SMILES string of the molecule is CCC(C)(C)CNC(=O)C1C2C=CC(C2)C1C(=O)O. The van der Waals surface area contributed by atoms with Gasteiger partial charge in [0.1, 0.15) is 0 Å². The molecule has 2 aliphatic rings. The van der Waals surface area contributed by atoms with Gasteiger partial charge in [0.05, 0.1) is 11.8 Å². The summed E-state index contributed by atoms with van der Waals surface area (Å²) < 4.78 is 0. The van der Waals surface area contributed by atoms with Crippen molar-refractivity contribution in [3.63, 3.8) is 0 Å². The number of carbonyl (C=O) groups is 2. The minimum Gasteiger partial charge on any atom is -0.481 e. The zero-order valence-electron chi connectivity index (χ0n) is 11.8. The van der Waals surface area contributed by atoms with Gasteiger partial charge in [-0.3, -0.25) is 9.59 Å². The Hall–Kier alpha value is -1.32. The summed E-state index contributed by atoms with van der Waals surface area (Å²) in [5.74, 6) is -1.72. The zero-order valence-corrected chi connectivity index (χ0v) is 11.8. The molecule has 2 N–H and O–H groups in total. The maximum absolute atomic E-state index is 12.3. The number of hydrogen-bond donors (Lipinski definition) is 2. The average molecular weight is 265 g/mol. The molecule has 4 heteroatoms. The van der Waals surface area contributed by atoms with Gasteiger partial charge in [-0.25, -0.2) is 0 Å². The Morgan fingerprint density at radius 2 is 1.84 bits per heavy atom. The van der Waals surface area contributed by atoms with Gasteiger partial charge < -0.3 is 10.4 Å². The molecule has 1 fully saturated rings. The summed E-state index contributed by atoms with van der Waals surface area (Å²) >= 11 is 0. The molecular formula is C15H23NO3. The molecule has 0 heterocycles. The molecule has 1 saturated carbocycles. The van der Waals surface area contributed by atoms with Crippen LogP contribution in [0.3, 0.4) is 0 Å². The first kappa shape index (κ1) is 14.1. The smallest absolute Gasteiger partial charge is 0.307 e. The second-order valence-electron chi connectivity index (χ2n) is 6.57. The number of aliphatic carboxylic acids is 1. The Labute approximate surface area is 114 Å². The van der Waals surface area contributed by atoms with Gasteiger partial charge >= 0.3 is 5.97 Å². The summed E-state index contributed by atoms with van der Waals surface area (Å²) in [6.07, 6.45) is 5.76. The molecule has 0 aliphatic heterocycles. The molecule has 2 aliphatic carbocycles. The molecule has 1 amide bonds. The van der Waals surface area contributed by atoms with Crippen molar-refractivity contribution in [3.8, 4) is 0 Å². The summed E-state index contributed by atoms with van der Waals surface area (Å²) in [6, 6.07) is 0. The topological polar surface area (TPSA) is 66.4 Å². The van der Waals surface area contributed by atoms with Crippen molar-refractivity contribution in [2.75, 3.05) is 6.54 Å². The Kier molecular flexibility index (Phi) is 3.70. The summed E-state index contributed by atoms with van der Waals surface area (Å²) in [6.45, 7) is 6.89. The van der Waals surface area contributed by atoms with Gasteiger partial charge in [-0.05, 0) is 30.1 Å². The van der Waals surface area contributed by atoms with Crippen LogP contribution in [0.15, 0.2) is 12.2 Å². The lowest BCUT2D eigenvalue weighted by Gasteiger charge is -2.27. The fraction of sp³-hybridized carbons (Fsp3) is 0.733. The van der Waals surface area contributed by atoms with Crippen molar-refractivity contribution in [2.24, 2.45) is 29.1 Å². The van der Waals surface area contributed by atoms with Crippen molar-refractivity contribution >= 4 is 11.9 Å². The lowest BCUT2D eigenvalue weighted by Crippen LogP contribution is -2.43. The van der Waals surface area contributed by atoms with E-state index in [-0.39, 0.29) is 29.1 Å². The van der Waals surface area contributed by atoms with E-state index in [1.165, 1.54) is 0 Å². The Balaban J connectivity index is 2.02. The zero-order chi connectivity index (χ0) is 14.2. The van der Waals surface area contributed by atoms with Gasteiger partial charge in [0.25, 0.3) is 0 Å².